The van der Waals surface area contributed by atoms with Crippen molar-refractivity contribution in [2.45, 2.75) is 13.0 Å². The fourth-order valence-electron chi connectivity index (χ4n) is 1.12. The van der Waals surface area contributed by atoms with Crippen molar-refractivity contribution in [1.82, 2.24) is 15.1 Å². The van der Waals surface area contributed by atoms with Gasteiger partial charge in [-0.05, 0) is 28.9 Å². The first kappa shape index (κ1) is 11.7. The van der Waals surface area contributed by atoms with Crippen molar-refractivity contribution in [3.8, 4) is 0 Å². The highest BCUT2D eigenvalue weighted by Crippen LogP contribution is 2.05. The van der Waals surface area contributed by atoms with E-state index < -0.39 is 0 Å². The third-order valence-electron chi connectivity index (χ3n) is 1.82. The Hall–Kier alpha value is -0.390. The molecule has 0 atom stereocenters. The molecule has 0 aliphatic heterocycles. The first-order valence-corrected chi connectivity index (χ1v) is 5.50. The maximum absolute atomic E-state index is 4.95. The van der Waals surface area contributed by atoms with E-state index in [-0.39, 0.29) is 0 Å². The summed E-state index contributed by atoms with van der Waals surface area (Å²) in [5.74, 6) is 0. The number of methoxy groups -OCH3 is 1. The number of hydrogen-bond donors (Lipinski definition) is 1. The van der Waals surface area contributed by atoms with Crippen molar-refractivity contribution in [2.75, 3.05) is 26.8 Å². The molecule has 1 heterocycles. The van der Waals surface area contributed by atoms with Crippen molar-refractivity contribution in [3.05, 3.63) is 16.9 Å². The van der Waals surface area contributed by atoms with Crippen LogP contribution in [0.2, 0.25) is 0 Å². The number of aromatic nitrogens is 2. The quantitative estimate of drug-likeness (QED) is 0.752. The molecule has 5 heteroatoms. The van der Waals surface area contributed by atoms with Gasteiger partial charge in [-0.1, -0.05) is 0 Å². The molecular weight excluding hydrogens is 246 g/mol. The highest BCUT2D eigenvalue weighted by molar-refractivity contribution is 9.10. The predicted octanol–water partition coefficient (Wildman–Crippen LogP) is 1.27. The van der Waals surface area contributed by atoms with Crippen LogP contribution in [0.1, 0.15) is 6.42 Å². The van der Waals surface area contributed by atoms with Gasteiger partial charge in [0.1, 0.15) is 0 Å². The van der Waals surface area contributed by atoms with E-state index in [2.05, 4.69) is 26.3 Å². The third kappa shape index (κ3) is 4.74. The SMILES string of the molecule is COCCCNCCn1cc(Br)cn1. The summed E-state index contributed by atoms with van der Waals surface area (Å²) in [5.41, 5.74) is 0. The largest absolute Gasteiger partial charge is 0.385 e. The minimum atomic E-state index is 0.820. The lowest BCUT2D eigenvalue weighted by Gasteiger charge is -2.04. The summed E-state index contributed by atoms with van der Waals surface area (Å²) < 4.78 is 7.88. The Morgan fingerprint density at radius 1 is 1.57 bits per heavy atom. The van der Waals surface area contributed by atoms with E-state index in [4.69, 9.17) is 4.74 Å². The van der Waals surface area contributed by atoms with E-state index in [1.54, 1.807) is 13.3 Å². The molecule has 1 aromatic heterocycles. The molecule has 0 radical (unpaired) electrons. The lowest BCUT2D eigenvalue weighted by Crippen LogP contribution is -2.22. The minimum absolute atomic E-state index is 0.820. The molecule has 0 amide bonds. The van der Waals surface area contributed by atoms with E-state index in [0.717, 1.165) is 37.1 Å². The van der Waals surface area contributed by atoms with Gasteiger partial charge in [0.15, 0.2) is 0 Å². The van der Waals surface area contributed by atoms with E-state index >= 15 is 0 Å². The van der Waals surface area contributed by atoms with Gasteiger partial charge in [-0.3, -0.25) is 4.68 Å². The molecule has 0 saturated carbocycles. The van der Waals surface area contributed by atoms with Crippen molar-refractivity contribution in [2.24, 2.45) is 0 Å². The molecule has 4 nitrogen and oxygen atoms in total. The van der Waals surface area contributed by atoms with Gasteiger partial charge < -0.3 is 10.1 Å². The Morgan fingerprint density at radius 2 is 2.43 bits per heavy atom. The number of nitrogens with one attached hydrogen (secondary N) is 1. The van der Waals surface area contributed by atoms with Crippen LogP contribution in [0.3, 0.4) is 0 Å². The molecule has 0 saturated heterocycles. The zero-order chi connectivity index (χ0) is 10.2. The van der Waals surface area contributed by atoms with Crippen LogP contribution in [-0.2, 0) is 11.3 Å². The average Bonchev–Trinajstić information content (AvgIpc) is 2.58. The Balaban J connectivity index is 1.99. The van der Waals surface area contributed by atoms with Crippen LogP contribution in [0, 0.1) is 0 Å². The van der Waals surface area contributed by atoms with Crippen LogP contribution in [-0.4, -0.2) is 36.6 Å². The maximum Gasteiger partial charge on any atom is 0.0632 e. The zero-order valence-electron chi connectivity index (χ0n) is 8.37. The van der Waals surface area contributed by atoms with E-state index in [0.29, 0.717) is 0 Å². The summed E-state index contributed by atoms with van der Waals surface area (Å²) in [6, 6.07) is 0. The highest BCUT2D eigenvalue weighted by Gasteiger charge is 1.93. The van der Waals surface area contributed by atoms with Crippen LogP contribution in [0.25, 0.3) is 0 Å². The number of halogens is 1. The van der Waals surface area contributed by atoms with Crippen molar-refractivity contribution >= 4 is 15.9 Å². The molecule has 1 rings (SSSR count). The fraction of sp³-hybridized carbons (Fsp3) is 0.667. The van der Waals surface area contributed by atoms with E-state index in [9.17, 15) is 0 Å². The first-order valence-electron chi connectivity index (χ1n) is 4.70. The molecule has 0 unspecified atom stereocenters. The summed E-state index contributed by atoms with van der Waals surface area (Å²) in [6.45, 7) is 3.66. The second kappa shape index (κ2) is 6.98. The van der Waals surface area contributed by atoms with Crippen LogP contribution in [0.5, 0.6) is 0 Å². The van der Waals surface area contributed by atoms with Crippen LogP contribution < -0.4 is 5.32 Å². The molecule has 80 valence electrons. The molecule has 1 N–H and O–H groups in total. The Morgan fingerprint density at radius 3 is 3.07 bits per heavy atom. The molecule has 14 heavy (non-hydrogen) atoms. The second-order valence-electron chi connectivity index (χ2n) is 3.02. The second-order valence-corrected chi connectivity index (χ2v) is 3.93. The van der Waals surface area contributed by atoms with Gasteiger partial charge in [0.05, 0.1) is 17.2 Å². The smallest absolute Gasteiger partial charge is 0.0632 e. The summed E-state index contributed by atoms with van der Waals surface area (Å²) in [6.07, 6.45) is 4.82. The van der Waals surface area contributed by atoms with E-state index in [1.165, 1.54) is 0 Å². The fourth-order valence-corrected chi connectivity index (χ4v) is 1.45. The normalized spacial score (nSPS) is 10.7. The summed E-state index contributed by atoms with van der Waals surface area (Å²) >= 11 is 3.36. The highest BCUT2D eigenvalue weighted by atomic mass is 79.9. The van der Waals surface area contributed by atoms with Gasteiger partial charge >= 0.3 is 0 Å². The number of ether oxygens (including phenoxy) is 1. The molecule has 0 aliphatic carbocycles. The zero-order valence-corrected chi connectivity index (χ0v) is 9.96. The van der Waals surface area contributed by atoms with Gasteiger partial charge in [0.25, 0.3) is 0 Å². The molecule has 1 aromatic rings. The van der Waals surface area contributed by atoms with Crippen molar-refractivity contribution in [3.63, 3.8) is 0 Å². The average molecular weight is 262 g/mol. The summed E-state index contributed by atoms with van der Waals surface area (Å²) in [4.78, 5) is 0. The monoisotopic (exact) mass is 261 g/mol. The Labute approximate surface area is 92.8 Å². The van der Waals surface area contributed by atoms with Crippen molar-refractivity contribution < 1.29 is 4.74 Å². The molecule has 0 spiro atoms. The van der Waals surface area contributed by atoms with Gasteiger partial charge in [0.2, 0.25) is 0 Å². The number of hydrogen-bond acceptors (Lipinski definition) is 3. The summed E-state index contributed by atoms with van der Waals surface area (Å²) in [7, 11) is 1.72. The third-order valence-corrected chi connectivity index (χ3v) is 2.23. The maximum atomic E-state index is 4.95. The molecule has 0 aromatic carbocycles. The first-order chi connectivity index (χ1) is 6.83. The molecule has 0 fully saturated rings. The number of nitrogens with zero attached hydrogens (tertiary/aromatic N) is 2. The topological polar surface area (TPSA) is 39.1 Å². The Bertz CT molecular complexity index is 252. The van der Waals surface area contributed by atoms with Gasteiger partial charge in [0, 0.05) is 26.5 Å². The lowest BCUT2D eigenvalue weighted by atomic mass is 10.4. The van der Waals surface area contributed by atoms with Crippen LogP contribution in [0.15, 0.2) is 16.9 Å². The van der Waals surface area contributed by atoms with Gasteiger partial charge in [-0.15, -0.1) is 0 Å². The molecule has 0 aliphatic rings. The minimum Gasteiger partial charge on any atom is -0.385 e. The van der Waals surface area contributed by atoms with E-state index in [1.807, 2.05) is 10.9 Å². The van der Waals surface area contributed by atoms with Gasteiger partial charge in [-0.2, -0.15) is 5.10 Å². The number of rotatable bonds is 7. The molecule has 0 bridgehead atoms. The lowest BCUT2D eigenvalue weighted by molar-refractivity contribution is 0.194. The summed E-state index contributed by atoms with van der Waals surface area (Å²) in [5, 5.41) is 7.48. The van der Waals surface area contributed by atoms with Crippen LogP contribution in [0.4, 0.5) is 0 Å². The van der Waals surface area contributed by atoms with Gasteiger partial charge in [-0.25, -0.2) is 0 Å². The van der Waals surface area contributed by atoms with Crippen LogP contribution >= 0.6 is 15.9 Å². The molecular formula is C9H16BrN3O. The Kier molecular flexibility index (Phi) is 5.82. The standard InChI is InChI=1S/C9H16BrN3O/c1-14-6-2-3-11-4-5-13-8-9(10)7-12-13/h7-8,11H,2-6H2,1H3. The van der Waals surface area contributed by atoms with Crippen molar-refractivity contribution in [1.29, 1.82) is 0 Å². The predicted molar refractivity (Wildman–Crippen MR) is 59.3 cm³/mol.